The molecule has 0 aliphatic heterocycles. The third-order valence-corrected chi connectivity index (χ3v) is 5.97. The number of hydrogen-bond acceptors (Lipinski definition) is 5. The highest BCUT2D eigenvalue weighted by Gasteiger charge is 2.27. The Bertz CT molecular complexity index is 365. The van der Waals surface area contributed by atoms with Crippen molar-refractivity contribution in [1.82, 2.24) is 0 Å². The first-order valence-electron chi connectivity index (χ1n) is 10.5. The lowest BCUT2D eigenvalue weighted by molar-refractivity contribution is -0.136. The lowest BCUT2D eigenvalue weighted by atomic mass is 10.0. The molecule has 0 atom stereocenters. The number of phosphoric ester groups is 1. The second-order valence-electron chi connectivity index (χ2n) is 6.98. The third-order valence-electron chi connectivity index (χ3n) is 4.65. The minimum atomic E-state index is -3.68. The number of carbonyl (C=O) groups excluding carboxylic acids is 1. The molecule has 156 valence electrons. The van der Waals surface area contributed by atoms with E-state index in [0.717, 1.165) is 19.3 Å². The molecule has 0 aromatic rings. The summed E-state index contributed by atoms with van der Waals surface area (Å²) in [6.07, 6.45) is 19.4. The summed E-state index contributed by atoms with van der Waals surface area (Å²) in [7, 11) is -1.28. The van der Waals surface area contributed by atoms with Gasteiger partial charge in [0.25, 0.3) is 0 Å². The highest BCUT2D eigenvalue weighted by atomic mass is 31.2. The fourth-order valence-electron chi connectivity index (χ4n) is 2.96. The van der Waals surface area contributed by atoms with Crippen LogP contribution in [0.3, 0.4) is 0 Å². The van der Waals surface area contributed by atoms with Gasteiger partial charge in [0.2, 0.25) is 0 Å². The number of carbonyl (C=O) groups is 1. The Hall–Kier alpha value is -0.380. The van der Waals surface area contributed by atoms with E-state index in [4.69, 9.17) is 4.52 Å². The van der Waals surface area contributed by atoms with Crippen LogP contribution in [0.2, 0.25) is 0 Å². The molecule has 0 spiro atoms. The fraction of sp³-hybridized carbons (Fsp3) is 0.950. The summed E-state index contributed by atoms with van der Waals surface area (Å²) in [5.41, 5.74) is 0. The zero-order valence-electron chi connectivity index (χ0n) is 17.3. The first kappa shape index (κ1) is 25.6. The Morgan fingerprint density at radius 2 is 1.00 bits per heavy atom. The molecule has 0 bridgehead atoms. The van der Waals surface area contributed by atoms with E-state index in [2.05, 4.69) is 16.0 Å². The summed E-state index contributed by atoms with van der Waals surface area (Å²) < 4.78 is 25.5. The second kappa shape index (κ2) is 18.0. The molecule has 6 heteroatoms. The van der Waals surface area contributed by atoms with Crippen LogP contribution in [0.1, 0.15) is 110 Å². The van der Waals surface area contributed by atoms with Gasteiger partial charge in [0.15, 0.2) is 0 Å². The molecule has 0 amide bonds. The van der Waals surface area contributed by atoms with Crippen LogP contribution in [0.4, 0.5) is 0 Å². The van der Waals surface area contributed by atoms with Gasteiger partial charge in [-0.25, -0.2) is 4.57 Å². The number of unbranched alkanes of at least 4 members (excludes halogenated alkanes) is 14. The predicted octanol–water partition coefficient (Wildman–Crippen LogP) is 7.19. The van der Waals surface area contributed by atoms with E-state index >= 15 is 0 Å². The van der Waals surface area contributed by atoms with E-state index in [0.29, 0.717) is 0 Å². The maximum atomic E-state index is 11.6. The van der Waals surface area contributed by atoms with Gasteiger partial charge in [0, 0.05) is 20.6 Å². The smallest absolute Gasteiger partial charge is 0.370 e. The highest BCUT2D eigenvalue weighted by molar-refractivity contribution is 7.49. The Labute approximate surface area is 161 Å². The molecular weight excluding hydrogens is 351 g/mol. The van der Waals surface area contributed by atoms with Crippen LogP contribution in [0.25, 0.3) is 0 Å². The summed E-state index contributed by atoms with van der Waals surface area (Å²) >= 11 is 0. The Morgan fingerprint density at radius 3 is 1.35 bits per heavy atom. The Kier molecular flexibility index (Phi) is 17.7. The summed E-state index contributed by atoms with van der Waals surface area (Å²) in [6.45, 7) is 2.26. The number of hydrogen-bond donors (Lipinski definition) is 0. The molecule has 26 heavy (non-hydrogen) atoms. The van der Waals surface area contributed by atoms with Crippen molar-refractivity contribution in [3.8, 4) is 0 Å². The molecule has 5 nitrogen and oxygen atoms in total. The predicted molar refractivity (Wildman–Crippen MR) is 107 cm³/mol. The van der Waals surface area contributed by atoms with Gasteiger partial charge in [-0.2, -0.15) is 0 Å². The van der Waals surface area contributed by atoms with Gasteiger partial charge in [-0.1, -0.05) is 96.8 Å². The standard InChI is InChI=1S/C20H41O5P/c1-4-5-6-7-8-9-10-11-12-13-14-15-16-17-18-19-20(21)25-26(22,23-2)24-3/h4-19H2,1-3H3. The molecule has 0 rings (SSSR count). The van der Waals surface area contributed by atoms with Gasteiger partial charge in [-0.15, -0.1) is 0 Å². The van der Waals surface area contributed by atoms with Crippen molar-refractivity contribution in [2.24, 2.45) is 0 Å². The van der Waals surface area contributed by atoms with Gasteiger partial charge in [-0.05, 0) is 6.42 Å². The lowest BCUT2D eigenvalue weighted by Gasteiger charge is -2.12. The zero-order valence-corrected chi connectivity index (χ0v) is 18.2. The van der Waals surface area contributed by atoms with Crippen LogP contribution in [0.5, 0.6) is 0 Å². The first-order valence-corrected chi connectivity index (χ1v) is 12.0. The molecular formula is C20H41O5P. The van der Waals surface area contributed by atoms with E-state index in [1.807, 2.05) is 0 Å². The van der Waals surface area contributed by atoms with E-state index in [9.17, 15) is 9.36 Å². The SMILES string of the molecule is CCCCCCCCCCCCCCCCCC(=O)OP(=O)(OC)OC. The lowest BCUT2D eigenvalue weighted by Crippen LogP contribution is -2.04. The third kappa shape index (κ3) is 15.8. The monoisotopic (exact) mass is 392 g/mol. The average molecular weight is 393 g/mol. The van der Waals surface area contributed by atoms with Crippen molar-refractivity contribution in [3.63, 3.8) is 0 Å². The van der Waals surface area contributed by atoms with Crippen molar-refractivity contribution in [2.75, 3.05) is 14.2 Å². The molecule has 0 unspecified atom stereocenters. The maximum absolute atomic E-state index is 11.6. The highest BCUT2D eigenvalue weighted by Crippen LogP contribution is 2.47. The number of phosphoric acid groups is 1. The van der Waals surface area contributed by atoms with Crippen LogP contribution < -0.4 is 0 Å². The average Bonchev–Trinajstić information content (AvgIpc) is 2.64. The minimum absolute atomic E-state index is 0.259. The molecule has 0 N–H and O–H groups in total. The zero-order chi connectivity index (χ0) is 19.5. The van der Waals surface area contributed by atoms with Gasteiger partial charge in [-0.3, -0.25) is 13.8 Å². The van der Waals surface area contributed by atoms with E-state index in [1.54, 1.807) is 0 Å². The molecule has 0 aromatic heterocycles. The van der Waals surface area contributed by atoms with Gasteiger partial charge in [0.05, 0.1) is 0 Å². The molecule has 0 aliphatic rings. The summed E-state index contributed by atoms with van der Waals surface area (Å²) in [4.78, 5) is 11.6. The van der Waals surface area contributed by atoms with Crippen molar-refractivity contribution in [2.45, 2.75) is 110 Å². The van der Waals surface area contributed by atoms with Crippen molar-refractivity contribution in [3.05, 3.63) is 0 Å². The van der Waals surface area contributed by atoms with E-state index < -0.39 is 13.8 Å². The molecule has 0 fully saturated rings. The van der Waals surface area contributed by atoms with Crippen LogP contribution >= 0.6 is 7.82 Å². The Balaban J connectivity index is 3.29. The molecule has 0 aromatic carbocycles. The van der Waals surface area contributed by atoms with Crippen molar-refractivity contribution < 1.29 is 22.9 Å². The van der Waals surface area contributed by atoms with E-state index in [-0.39, 0.29) is 6.42 Å². The largest absolute Gasteiger partial charge is 0.531 e. The quantitative estimate of drug-likeness (QED) is 0.172. The molecule has 0 aliphatic carbocycles. The van der Waals surface area contributed by atoms with Crippen LogP contribution in [0, 0.1) is 0 Å². The number of rotatable bonds is 19. The summed E-state index contributed by atoms with van der Waals surface area (Å²) in [5.74, 6) is -0.522. The second-order valence-corrected chi connectivity index (χ2v) is 8.78. The minimum Gasteiger partial charge on any atom is -0.370 e. The normalized spacial score (nSPS) is 11.7. The molecule has 0 radical (unpaired) electrons. The van der Waals surface area contributed by atoms with Crippen LogP contribution in [-0.4, -0.2) is 20.2 Å². The first-order chi connectivity index (χ1) is 12.6. The summed E-state index contributed by atoms with van der Waals surface area (Å²) in [6, 6.07) is 0. The van der Waals surface area contributed by atoms with Gasteiger partial charge in [0.1, 0.15) is 0 Å². The van der Waals surface area contributed by atoms with Gasteiger partial charge >= 0.3 is 13.8 Å². The molecule has 0 heterocycles. The van der Waals surface area contributed by atoms with Crippen LogP contribution in [-0.2, 0) is 22.9 Å². The topological polar surface area (TPSA) is 61.8 Å². The van der Waals surface area contributed by atoms with E-state index in [1.165, 1.54) is 91.3 Å². The molecule has 0 saturated heterocycles. The van der Waals surface area contributed by atoms with Crippen molar-refractivity contribution in [1.29, 1.82) is 0 Å². The maximum Gasteiger partial charge on any atom is 0.531 e. The van der Waals surface area contributed by atoms with Gasteiger partial charge < -0.3 is 4.52 Å². The fourth-order valence-corrected chi connectivity index (χ4v) is 3.60. The van der Waals surface area contributed by atoms with Crippen LogP contribution in [0.15, 0.2) is 0 Å². The summed E-state index contributed by atoms with van der Waals surface area (Å²) in [5, 5.41) is 0. The Morgan fingerprint density at radius 1 is 0.654 bits per heavy atom. The van der Waals surface area contributed by atoms with Crippen molar-refractivity contribution >= 4 is 13.8 Å². The molecule has 0 saturated carbocycles.